The highest BCUT2D eigenvalue weighted by molar-refractivity contribution is 6.34. The molecule has 2 N–H and O–H groups in total. The molecule has 0 aliphatic rings. The van der Waals surface area contributed by atoms with Crippen molar-refractivity contribution in [3.8, 4) is 0 Å². The summed E-state index contributed by atoms with van der Waals surface area (Å²) in [6.07, 6.45) is 1.26. The van der Waals surface area contributed by atoms with Gasteiger partial charge in [-0.3, -0.25) is 9.59 Å². The number of nitrogens with zero attached hydrogens (tertiary/aromatic N) is 3. The number of aromatic nitrogens is 3. The first-order valence-corrected chi connectivity index (χ1v) is 6.97. The monoisotopic (exact) mass is 322 g/mol. The first-order chi connectivity index (χ1) is 10.4. The van der Waals surface area contributed by atoms with Gasteiger partial charge in [0.25, 0.3) is 5.91 Å². The number of hydrogen-bond donors (Lipinski definition) is 2. The van der Waals surface area contributed by atoms with E-state index in [1.165, 1.54) is 6.20 Å². The maximum absolute atomic E-state index is 12.1. The lowest BCUT2D eigenvalue weighted by Crippen LogP contribution is -2.13. The minimum Gasteiger partial charge on any atom is -0.480 e. The number of rotatable bonds is 5. The average Bonchev–Trinajstić information content (AvgIpc) is 2.88. The molecule has 0 atom stereocenters. The number of carbonyl (C=O) groups excluding carboxylic acids is 1. The number of halogens is 1. The Labute approximate surface area is 131 Å². The van der Waals surface area contributed by atoms with E-state index in [-0.39, 0.29) is 12.2 Å². The summed E-state index contributed by atoms with van der Waals surface area (Å²) in [5.74, 6) is -1.24. The van der Waals surface area contributed by atoms with Gasteiger partial charge in [0.1, 0.15) is 6.54 Å². The minimum absolute atomic E-state index is 0.0188. The molecule has 2 rings (SSSR count). The molecule has 2 aromatic rings. The molecule has 1 heterocycles. The van der Waals surface area contributed by atoms with E-state index in [2.05, 4.69) is 15.6 Å². The Morgan fingerprint density at radius 2 is 2.14 bits per heavy atom. The fourth-order valence-corrected chi connectivity index (χ4v) is 2.03. The Kier molecular flexibility index (Phi) is 4.77. The van der Waals surface area contributed by atoms with Gasteiger partial charge in [-0.2, -0.15) is 0 Å². The number of nitrogens with one attached hydrogen (secondary N) is 1. The second kappa shape index (κ2) is 6.57. The Hall–Kier alpha value is -2.41. The summed E-state index contributed by atoms with van der Waals surface area (Å²) in [5.41, 5.74) is 1.55. The molecule has 1 amide bonds. The molecule has 0 bridgehead atoms. The van der Waals surface area contributed by atoms with Crippen LogP contribution in [0.4, 0.5) is 5.69 Å². The molecule has 8 heteroatoms. The van der Waals surface area contributed by atoms with Gasteiger partial charge in [0, 0.05) is 0 Å². The largest absolute Gasteiger partial charge is 0.480 e. The molecule has 0 saturated heterocycles. The Morgan fingerprint density at radius 3 is 2.73 bits per heavy atom. The van der Waals surface area contributed by atoms with Crippen LogP contribution in [0, 0.1) is 0 Å². The third-order valence-corrected chi connectivity index (χ3v) is 3.29. The molecule has 0 aliphatic carbocycles. The van der Waals surface area contributed by atoms with Gasteiger partial charge in [0.05, 0.1) is 16.9 Å². The number of carbonyl (C=O) groups is 2. The summed E-state index contributed by atoms with van der Waals surface area (Å²) in [4.78, 5) is 22.6. The Balaban J connectivity index is 2.11. The lowest BCUT2D eigenvalue weighted by molar-refractivity contribution is -0.137. The van der Waals surface area contributed by atoms with Crippen LogP contribution in [0.3, 0.4) is 0 Å². The number of amides is 1. The van der Waals surface area contributed by atoms with E-state index in [9.17, 15) is 9.59 Å². The van der Waals surface area contributed by atoms with Crippen molar-refractivity contribution < 1.29 is 14.7 Å². The summed E-state index contributed by atoms with van der Waals surface area (Å²) in [5, 5.41) is 18.9. The maximum Gasteiger partial charge on any atom is 0.325 e. The highest BCUT2D eigenvalue weighted by Crippen LogP contribution is 2.26. The Bertz CT molecular complexity index is 712. The molecule has 1 aromatic heterocycles. The van der Waals surface area contributed by atoms with Crippen molar-refractivity contribution in [2.75, 3.05) is 5.32 Å². The van der Waals surface area contributed by atoms with Crippen molar-refractivity contribution in [2.45, 2.75) is 26.3 Å². The lowest BCUT2D eigenvalue weighted by atomic mass is 10.0. The topological polar surface area (TPSA) is 97.1 Å². The van der Waals surface area contributed by atoms with Crippen LogP contribution in [-0.2, 0) is 11.3 Å². The molecule has 0 saturated carbocycles. The van der Waals surface area contributed by atoms with Crippen LogP contribution in [0.15, 0.2) is 24.4 Å². The van der Waals surface area contributed by atoms with Gasteiger partial charge < -0.3 is 10.4 Å². The molecule has 22 heavy (non-hydrogen) atoms. The zero-order chi connectivity index (χ0) is 16.3. The molecule has 0 spiro atoms. The van der Waals surface area contributed by atoms with E-state index in [1.54, 1.807) is 12.1 Å². The predicted molar refractivity (Wildman–Crippen MR) is 81.2 cm³/mol. The number of aliphatic carboxylic acids is 1. The van der Waals surface area contributed by atoms with Crippen molar-refractivity contribution in [3.63, 3.8) is 0 Å². The molecule has 0 unspecified atom stereocenters. The number of carboxylic acids is 1. The average molecular weight is 323 g/mol. The third-order valence-electron chi connectivity index (χ3n) is 2.98. The SMILES string of the molecule is CC(C)c1ccc(NC(=O)c2cn(CC(=O)O)nn2)c(Cl)c1. The fourth-order valence-electron chi connectivity index (χ4n) is 1.80. The molecule has 116 valence electrons. The first-order valence-electron chi connectivity index (χ1n) is 6.59. The molecular weight excluding hydrogens is 308 g/mol. The van der Waals surface area contributed by atoms with Gasteiger partial charge in [-0.15, -0.1) is 5.10 Å². The van der Waals surface area contributed by atoms with E-state index < -0.39 is 11.9 Å². The number of carboxylic acid groups (broad SMARTS) is 1. The highest BCUT2D eigenvalue weighted by atomic mass is 35.5. The Morgan fingerprint density at radius 1 is 1.41 bits per heavy atom. The van der Waals surface area contributed by atoms with Gasteiger partial charge >= 0.3 is 5.97 Å². The molecule has 1 aromatic carbocycles. The van der Waals surface area contributed by atoms with Crippen LogP contribution in [0.1, 0.15) is 35.8 Å². The first kappa shape index (κ1) is 16.0. The second-order valence-electron chi connectivity index (χ2n) is 5.04. The third kappa shape index (κ3) is 3.82. The van der Waals surface area contributed by atoms with E-state index in [0.29, 0.717) is 16.6 Å². The van der Waals surface area contributed by atoms with Crippen LogP contribution < -0.4 is 5.32 Å². The van der Waals surface area contributed by atoms with Gasteiger partial charge in [-0.05, 0) is 23.6 Å². The fraction of sp³-hybridized carbons (Fsp3) is 0.286. The zero-order valence-corrected chi connectivity index (χ0v) is 12.8. The van der Waals surface area contributed by atoms with Crippen LogP contribution >= 0.6 is 11.6 Å². The maximum atomic E-state index is 12.1. The summed E-state index contributed by atoms with van der Waals surface area (Å²) >= 11 is 6.15. The van der Waals surface area contributed by atoms with Gasteiger partial charge in [-0.25, -0.2) is 4.68 Å². The number of anilines is 1. The number of benzene rings is 1. The van der Waals surface area contributed by atoms with Gasteiger partial charge in [0.2, 0.25) is 0 Å². The zero-order valence-electron chi connectivity index (χ0n) is 12.1. The van der Waals surface area contributed by atoms with E-state index in [4.69, 9.17) is 16.7 Å². The van der Waals surface area contributed by atoms with Crippen molar-refractivity contribution in [2.24, 2.45) is 0 Å². The van der Waals surface area contributed by atoms with Crippen molar-refractivity contribution in [1.82, 2.24) is 15.0 Å². The van der Waals surface area contributed by atoms with Gasteiger partial charge in [0.15, 0.2) is 5.69 Å². The van der Waals surface area contributed by atoms with E-state index in [0.717, 1.165) is 10.2 Å². The van der Waals surface area contributed by atoms with E-state index in [1.807, 2.05) is 19.9 Å². The van der Waals surface area contributed by atoms with Crippen molar-refractivity contribution in [1.29, 1.82) is 0 Å². The standard InChI is InChI=1S/C14H15ClN4O3/c1-8(2)9-3-4-11(10(15)5-9)16-14(22)12-6-19(18-17-12)7-13(20)21/h3-6,8H,7H2,1-2H3,(H,16,22)(H,20,21). The normalized spacial score (nSPS) is 10.7. The molecule has 7 nitrogen and oxygen atoms in total. The van der Waals surface area contributed by atoms with Crippen LogP contribution in [0.25, 0.3) is 0 Å². The van der Waals surface area contributed by atoms with Crippen LogP contribution in [0.5, 0.6) is 0 Å². The molecule has 0 fully saturated rings. The molecule has 0 aliphatic heterocycles. The molecular formula is C14H15ClN4O3. The summed E-state index contributed by atoms with van der Waals surface area (Å²) in [7, 11) is 0. The van der Waals surface area contributed by atoms with Gasteiger partial charge in [-0.1, -0.05) is 36.7 Å². The van der Waals surface area contributed by atoms with Crippen molar-refractivity contribution >= 4 is 29.2 Å². The quantitative estimate of drug-likeness (QED) is 0.881. The van der Waals surface area contributed by atoms with Crippen LogP contribution in [0.2, 0.25) is 5.02 Å². The summed E-state index contributed by atoms with van der Waals surface area (Å²) < 4.78 is 1.07. The van der Waals surface area contributed by atoms with Crippen LogP contribution in [-0.4, -0.2) is 32.0 Å². The predicted octanol–water partition coefficient (Wildman–Crippen LogP) is 2.39. The second-order valence-corrected chi connectivity index (χ2v) is 5.45. The highest BCUT2D eigenvalue weighted by Gasteiger charge is 2.14. The lowest BCUT2D eigenvalue weighted by Gasteiger charge is -2.10. The smallest absolute Gasteiger partial charge is 0.325 e. The van der Waals surface area contributed by atoms with Crippen molar-refractivity contribution in [3.05, 3.63) is 40.7 Å². The molecule has 0 radical (unpaired) electrons. The summed E-state index contributed by atoms with van der Waals surface area (Å²) in [6.45, 7) is 3.74. The van der Waals surface area contributed by atoms with E-state index >= 15 is 0 Å². The minimum atomic E-state index is -1.07. The number of hydrogen-bond acceptors (Lipinski definition) is 4. The summed E-state index contributed by atoms with van der Waals surface area (Å²) in [6, 6.07) is 5.40.